The first kappa shape index (κ1) is 15.6. The summed E-state index contributed by atoms with van der Waals surface area (Å²) in [5.74, 6) is 0.551. The molecule has 6 nitrogen and oxygen atoms in total. The Morgan fingerprint density at radius 1 is 1.32 bits per heavy atom. The average Bonchev–Trinajstić information content (AvgIpc) is 2.74. The number of carbonyl (C=O) groups excluding carboxylic acids is 1. The van der Waals surface area contributed by atoms with E-state index >= 15 is 0 Å². The number of aliphatic hydroxyl groups excluding tert-OH is 1. The highest BCUT2D eigenvalue weighted by atomic mass is 16.3. The molecule has 0 aliphatic carbocycles. The maximum absolute atomic E-state index is 11.9. The molecule has 1 aromatic rings. The van der Waals surface area contributed by atoms with Gasteiger partial charge in [0.25, 0.3) is 5.91 Å². The Morgan fingerprint density at radius 3 is 2.42 bits per heavy atom. The molecule has 0 spiro atoms. The number of hydrogen-bond acceptors (Lipinski definition) is 4. The van der Waals surface area contributed by atoms with E-state index in [4.69, 9.17) is 5.11 Å². The van der Waals surface area contributed by atoms with Crippen LogP contribution in [-0.4, -0.2) is 39.3 Å². The summed E-state index contributed by atoms with van der Waals surface area (Å²) in [6.07, 6.45) is 0.633. The smallest absolute Gasteiger partial charge is 0.290 e. The van der Waals surface area contributed by atoms with E-state index in [0.29, 0.717) is 18.8 Å². The average molecular weight is 268 g/mol. The SMILES string of the molecule is CC(C)(CCO)CNC(=O)c1n[nH]c(C(C)(C)C)n1. The van der Waals surface area contributed by atoms with E-state index in [0.717, 1.165) is 0 Å². The quantitative estimate of drug-likeness (QED) is 0.749. The molecule has 0 unspecified atom stereocenters. The normalized spacial score (nSPS) is 12.5. The van der Waals surface area contributed by atoms with Crippen molar-refractivity contribution in [2.45, 2.75) is 46.5 Å². The lowest BCUT2D eigenvalue weighted by Crippen LogP contribution is -2.35. The number of aromatic nitrogens is 3. The lowest BCUT2D eigenvalue weighted by Gasteiger charge is -2.23. The Balaban J connectivity index is 2.62. The summed E-state index contributed by atoms with van der Waals surface area (Å²) >= 11 is 0. The van der Waals surface area contributed by atoms with Gasteiger partial charge in [-0.15, -0.1) is 5.10 Å². The third-order valence-electron chi connectivity index (χ3n) is 2.91. The summed E-state index contributed by atoms with van der Waals surface area (Å²) in [5.41, 5.74) is -0.310. The zero-order chi connectivity index (χ0) is 14.7. The molecule has 6 heteroatoms. The van der Waals surface area contributed by atoms with Crippen LogP contribution in [0.1, 0.15) is 57.5 Å². The second-order valence-corrected chi connectivity index (χ2v) is 6.58. The summed E-state index contributed by atoms with van der Waals surface area (Å²) in [6.45, 7) is 10.6. The molecule has 1 rings (SSSR count). The molecule has 0 saturated heterocycles. The first-order valence-electron chi connectivity index (χ1n) is 6.48. The lowest BCUT2D eigenvalue weighted by atomic mass is 9.90. The van der Waals surface area contributed by atoms with Gasteiger partial charge >= 0.3 is 0 Å². The largest absolute Gasteiger partial charge is 0.396 e. The Labute approximate surface area is 114 Å². The second kappa shape index (κ2) is 5.69. The third-order valence-corrected chi connectivity index (χ3v) is 2.91. The number of amides is 1. The van der Waals surface area contributed by atoms with E-state index in [1.54, 1.807) is 0 Å². The summed E-state index contributed by atoms with van der Waals surface area (Å²) in [6, 6.07) is 0. The number of rotatable bonds is 5. The Bertz CT molecular complexity index is 432. The summed E-state index contributed by atoms with van der Waals surface area (Å²) in [7, 11) is 0. The highest BCUT2D eigenvalue weighted by Crippen LogP contribution is 2.19. The number of aromatic amines is 1. The van der Waals surface area contributed by atoms with E-state index in [9.17, 15) is 4.79 Å². The molecule has 0 aromatic carbocycles. The zero-order valence-electron chi connectivity index (χ0n) is 12.4. The van der Waals surface area contributed by atoms with Crippen LogP contribution in [0, 0.1) is 5.41 Å². The number of nitrogens with zero attached hydrogens (tertiary/aromatic N) is 2. The van der Waals surface area contributed by atoms with Crippen molar-refractivity contribution < 1.29 is 9.90 Å². The van der Waals surface area contributed by atoms with Crippen LogP contribution in [0.5, 0.6) is 0 Å². The van der Waals surface area contributed by atoms with E-state index in [-0.39, 0.29) is 29.2 Å². The highest BCUT2D eigenvalue weighted by Gasteiger charge is 2.23. The molecule has 0 bridgehead atoms. The van der Waals surface area contributed by atoms with E-state index in [1.807, 2.05) is 34.6 Å². The molecule has 108 valence electrons. The fourth-order valence-electron chi connectivity index (χ4n) is 1.49. The monoisotopic (exact) mass is 268 g/mol. The zero-order valence-corrected chi connectivity index (χ0v) is 12.4. The first-order valence-corrected chi connectivity index (χ1v) is 6.48. The van der Waals surface area contributed by atoms with Crippen molar-refractivity contribution in [3.8, 4) is 0 Å². The maximum Gasteiger partial charge on any atom is 0.290 e. The molecule has 0 fully saturated rings. The van der Waals surface area contributed by atoms with Gasteiger partial charge in [0, 0.05) is 18.6 Å². The van der Waals surface area contributed by atoms with Gasteiger partial charge in [-0.25, -0.2) is 4.98 Å². The van der Waals surface area contributed by atoms with Gasteiger partial charge in [0.2, 0.25) is 5.82 Å². The number of hydrogen-bond donors (Lipinski definition) is 3. The first-order chi connectivity index (χ1) is 8.65. The number of carbonyl (C=O) groups is 1. The Morgan fingerprint density at radius 2 is 1.95 bits per heavy atom. The molecule has 1 amide bonds. The van der Waals surface area contributed by atoms with Gasteiger partial charge in [0.05, 0.1) is 0 Å². The van der Waals surface area contributed by atoms with Crippen LogP contribution in [0.3, 0.4) is 0 Å². The van der Waals surface area contributed by atoms with Crippen LogP contribution in [0.15, 0.2) is 0 Å². The standard InChI is InChI=1S/C13H24N4O2/c1-12(2,3)11-15-9(16-17-11)10(19)14-8-13(4,5)6-7-18/h18H,6-8H2,1-5H3,(H,14,19)(H,15,16,17). The van der Waals surface area contributed by atoms with Crippen molar-refractivity contribution in [2.75, 3.05) is 13.2 Å². The maximum atomic E-state index is 11.9. The van der Waals surface area contributed by atoms with Gasteiger partial charge < -0.3 is 10.4 Å². The van der Waals surface area contributed by atoms with Gasteiger partial charge in [-0.2, -0.15) is 0 Å². The van der Waals surface area contributed by atoms with Crippen molar-refractivity contribution >= 4 is 5.91 Å². The molecule has 0 saturated carbocycles. The molecule has 0 atom stereocenters. The minimum atomic E-state index is -0.294. The number of H-pyrrole nitrogens is 1. The third kappa shape index (κ3) is 4.63. The molecule has 1 aromatic heterocycles. The number of nitrogens with one attached hydrogen (secondary N) is 2. The van der Waals surface area contributed by atoms with Crippen LogP contribution >= 0.6 is 0 Å². The highest BCUT2D eigenvalue weighted by molar-refractivity contribution is 5.90. The lowest BCUT2D eigenvalue weighted by molar-refractivity contribution is 0.0918. The van der Waals surface area contributed by atoms with Gasteiger partial charge in [-0.3, -0.25) is 9.89 Å². The van der Waals surface area contributed by atoms with Gasteiger partial charge in [-0.1, -0.05) is 34.6 Å². The predicted octanol–water partition coefficient (Wildman–Crippen LogP) is 1.24. The summed E-state index contributed by atoms with van der Waals surface area (Å²) in [5, 5.41) is 18.4. The Hall–Kier alpha value is -1.43. The molecule has 19 heavy (non-hydrogen) atoms. The topological polar surface area (TPSA) is 90.9 Å². The van der Waals surface area contributed by atoms with Crippen LogP contribution in [-0.2, 0) is 5.41 Å². The van der Waals surface area contributed by atoms with Crippen molar-refractivity contribution in [1.82, 2.24) is 20.5 Å². The fourth-order valence-corrected chi connectivity index (χ4v) is 1.49. The van der Waals surface area contributed by atoms with Crippen LogP contribution in [0.4, 0.5) is 0 Å². The predicted molar refractivity (Wildman–Crippen MR) is 72.9 cm³/mol. The van der Waals surface area contributed by atoms with E-state index in [1.165, 1.54) is 0 Å². The van der Waals surface area contributed by atoms with Crippen molar-refractivity contribution in [2.24, 2.45) is 5.41 Å². The molecule has 3 N–H and O–H groups in total. The minimum absolute atomic E-state index is 0.109. The summed E-state index contributed by atoms with van der Waals surface area (Å²) in [4.78, 5) is 16.1. The van der Waals surface area contributed by atoms with E-state index < -0.39 is 0 Å². The van der Waals surface area contributed by atoms with Gasteiger partial charge in [0.15, 0.2) is 0 Å². The van der Waals surface area contributed by atoms with Crippen LogP contribution in [0.2, 0.25) is 0 Å². The van der Waals surface area contributed by atoms with Crippen LogP contribution < -0.4 is 5.32 Å². The molecular weight excluding hydrogens is 244 g/mol. The van der Waals surface area contributed by atoms with Crippen molar-refractivity contribution in [1.29, 1.82) is 0 Å². The van der Waals surface area contributed by atoms with Gasteiger partial charge in [-0.05, 0) is 11.8 Å². The fraction of sp³-hybridized carbons (Fsp3) is 0.769. The Kier molecular flexibility index (Phi) is 4.68. The molecule has 0 aliphatic heterocycles. The van der Waals surface area contributed by atoms with E-state index in [2.05, 4.69) is 20.5 Å². The number of aliphatic hydroxyl groups is 1. The van der Waals surface area contributed by atoms with Gasteiger partial charge in [0.1, 0.15) is 5.82 Å². The summed E-state index contributed by atoms with van der Waals surface area (Å²) < 4.78 is 0. The van der Waals surface area contributed by atoms with Crippen molar-refractivity contribution in [3.63, 3.8) is 0 Å². The molecule has 1 heterocycles. The van der Waals surface area contributed by atoms with Crippen molar-refractivity contribution in [3.05, 3.63) is 11.6 Å². The molecular formula is C13H24N4O2. The minimum Gasteiger partial charge on any atom is -0.396 e. The second-order valence-electron chi connectivity index (χ2n) is 6.58. The van der Waals surface area contributed by atoms with Crippen LogP contribution in [0.25, 0.3) is 0 Å². The molecule has 0 aliphatic rings. The molecule has 0 radical (unpaired) electrons.